The second kappa shape index (κ2) is 13.7. The number of benzene rings is 7. The fourth-order valence-corrected chi connectivity index (χ4v) is 7.20. The fraction of sp³-hybridized carbons (Fsp3) is 0.0455. The van der Waals surface area contributed by atoms with E-state index in [-0.39, 0.29) is 10.8 Å². The summed E-state index contributed by atoms with van der Waals surface area (Å²) in [5.74, 6) is -7.00. The van der Waals surface area contributed by atoms with Crippen LogP contribution >= 0.6 is 0 Å². The number of hydrogen-bond donors (Lipinski definition) is 4. The van der Waals surface area contributed by atoms with Gasteiger partial charge in [0.1, 0.15) is 0 Å². The Morgan fingerprint density at radius 2 is 0.596 bits per heavy atom. The standard InChI is InChI=1S/C18H10O8.2C13H10/c19-15(20)11-9-5-7-3-1-2-4-8(7)6-10(9)12(16(21)22)14(18(25)26)13(11)17(23)24;2*1-3-7-12-10(5-1)9-11-6-2-4-8-13(11)12/h1-6H,(H,19,20)(H,21,22)(H,23,24)(H,25,26);2*1-8H,9H2. The third-order valence-corrected chi connectivity index (χ3v) is 9.44. The zero-order valence-electron chi connectivity index (χ0n) is 27.5. The lowest BCUT2D eigenvalue weighted by atomic mass is 9.87. The van der Waals surface area contributed by atoms with Gasteiger partial charge in [0.2, 0.25) is 0 Å². The van der Waals surface area contributed by atoms with Crippen LogP contribution in [-0.4, -0.2) is 44.3 Å². The van der Waals surface area contributed by atoms with E-state index in [0.717, 1.165) is 12.8 Å². The zero-order valence-corrected chi connectivity index (χ0v) is 27.5. The molecule has 9 rings (SSSR count). The van der Waals surface area contributed by atoms with Crippen LogP contribution in [0.4, 0.5) is 0 Å². The van der Waals surface area contributed by atoms with Gasteiger partial charge < -0.3 is 20.4 Å². The van der Waals surface area contributed by atoms with E-state index in [9.17, 15) is 39.6 Å². The Balaban J connectivity index is 0.000000134. The molecule has 0 atom stereocenters. The third-order valence-electron chi connectivity index (χ3n) is 9.44. The number of carbonyl (C=O) groups is 4. The molecule has 8 nitrogen and oxygen atoms in total. The molecule has 0 spiro atoms. The molecule has 254 valence electrons. The van der Waals surface area contributed by atoms with Crippen LogP contribution in [0.1, 0.15) is 63.7 Å². The van der Waals surface area contributed by atoms with Crippen molar-refractivity contribution < 1.29 is 39.6 Å². The molecule has 2 aliphatic rings. The van der Waals surface area contributed by atoms with Crippen LogP contribution in [0.2, 0.25) is 0 Å². The first-order valence-corrected chi connectivity index (χ1v) is 16.4. The summed E-state index contributed by atoms with van der Waals surface area (Å²) in [6, 6.07) is 44.0. The van der Waals surface area contributed by atoms with Gasteiger partial charge >= 0.3 is 23.9 Å². The van der Waals surface area contributed by atoms with Gasteiger partial charge in [0.25, 0.3) is 0 Å². The van der Waals surface area contributed by atoms with Gasteiger partial charge in [0, 0.05) is 0 Å². The second-order valence-electron chi connectivity index (χ2n) is 12.4. The lowest BCUT2D eigenvalue weighted by Crippen LogP contribution is -2.20. The first-order chi connectivity index (χ1) is 25.1. The highest BCUT2D eigenvalue weighted by Crippen LogP contribution is 2.37. The van der Waals surface area contributed by atoms with Crippen molar-refractivity contribution in [2.75, 3.05) is 0 Å². The molecule has 2 aliphatic carbocycles. The highest BCUT2D eigenvalue weighted by atomic mass is 16.4. The predicted octanol–water partition coefficient (Wildman–Crippen LogP) is 9.30. The minimum atomic E-state index is -1.84. The Hall–Kier alpha value is -7.06. The molecular weight excluding hydrogens is 656 g/mol. The average Bonchev–Trinajstić information content (AvgIpc) is 3.72. The molecule has 0 unspecified atom stereocenters. The van der Waals surface area contributed by atoms with E-state index in [2.05, 4.69) is 97.1 Å². The van der Waals surface area contributed by atoms with Crippen LogP contribution in [0.3, 0.4) is 0 Å². The fourth-order valence-electron chi connectivity index (χ4n) is 7.20. The number of hydrogen-bond acceptors (Lipinski definition) is 4. The quantitative estimate of drug-likeness (QED) is 0.134. The van der Waals surface area contributed by atoms with Crippen LogP contribution < -0.4 is 0 Å². The molecule has 0 fully saturated rings. The van der Waals surface area contributed by atoms with Crippen molar-refractivity contribution in [2.45, 2.75) is 12.8 Å². The van der Waals surface area contributed by atoms with E-state index in [4.69, 9.17) is 0 Å². The van der Waals surface area contributed by atoms with Crippen LogP contribution in [0.25, 0.3) is 43.8 Å². The summed E-state index contributed by atoms with van der Waals surface area (Å²) < 4.78 is 0. The summed E-state index contributed by atoms with van der Waals surface area (Å²) >= 11 is 0. The predicted molar refractivity (Wildman–Crippen MR) is 199 cm³/mol. The number of aromatic carboxylic acids is 4. The Morgan fingerprint density at radius 3 is 0.865 bits per heavy atom. The normalized spacial score (nSPS) is 11.5. The molecule has 0 aliphatic heterocycles. The molecule has 0 heterocycles. The van der Waals surface area contributed by atoms with Gasteiger partial charge in [0.15, 0.2) is 0 Å². The summed E-state index contributed by atoms with van der Waals surface area (Å²) in [4.78, 5) is 46.7. The Bertz CT molecular complexity index is 2340. The third kappa shape index (κ3) is 6.03. The molecule has 7 aromatic carbocycles. The van der Waals surface area contributed by atoms with Crippen molar-refractivity contribution in [2.24, 2.45) is 0 Å². The molecule has 0 aromatic heterocycles. The maximum atomic E-state index is 11.7. The molecule has 0 saturated carbocycles. The molecule has 4 N–H and O–H groups in total. The van der Waals surface area contributed by atoms with E-state index < -0.39 is 46.1 Å². The second-order valence-corrected chi connectivity index (χ2v) is 12.4. The summed E-state index contributed by atoms with van der Waals surface area (Å²) in [6.07, 6.45) is 2.21. The van der Waals surface area contributed by atoms with E-state index in [1.165, 1.54) is 56.6 Å². The van der Waals surface area contributed by atoms with Crippen LogP contribution in [-0.2, 0) is 12.8 Å². The van der Waals surface area contributed by atoms with Gasteiger partial charge in [-0.1, -0.05) is 121 Å². The minimum absolute atomic E-state index is 0.156. The van der Waals surface area contributed by atoms with Gasteiger partial charge in [-0.3, -0.25) is 0 Å². The molecule has 7 aromatic rings. The first kappa shape index (κ1) is 33.4. The molecular formula is C44H30O8. The largest absolute Gasteiger partial charge is 0.478 e. The molecule has 8 heteroatoms. The summed E-state index contributed by atoms with van der Waals surface area (Å²) in [5.41, 5.74) is 7.85. The molecule has 0 amide bonds. The summed E-state index contributed by atoms with van der Waals surface area (Å²) in [7, 11) is 0. The monoisotopic (exact) mass is 686 g/mol. The maximum Gasteiger partial charge on any atom is 0.337 e. The van der Waals surface area contributed by atoms with Gasteiger partial charge in [-0.2, -0.15) is 0 Å². The van der Waals surface area contributed by atoms with Crippen molar-refractivity contribution in [3.05, 3.63) is 178 Å². The molecule has 0 saturated heterocycles. The number of carboxylic acid groups (broad SMARTS) is 4. The number of fused-ring (bicyclic) bond motifs is 8. The lowest BCUT2D eigenvalue weighted by Gasteiger charge is -2.15. The van der Waals surface area contributed by atoms with Crippen molar-refractivity contribution in [1.29, 1.82) is 0 Å². The SMILES string of the molecule is O=C(O)c1c(C(=O)O)c(C(=O)O)c2cc3ccccc3cc2c1C(=O)O.c1ccc2c(c1)Cc1ccccc1-2.c1ccc2c(c1)Cc1ccccc1-2. The Kier molecular flexibility index (Phi) is 8.80. The Labute approximate surface area is 297 Å². The highest BCUT2D eigenvalue weighted by molar-refractivity contribution is 6.24. The van der Waals surface area contributed by atoms with Crippen molar-refractivity contribution >= 4 is 45.4 Å². The highest BCUT2D eigenvalue weighted by Gasteiger charge is 2.33. The van der Waals surface area contributed by atoms with Crippen LogP contribution in [0, 0.1) is 0 Å². The molecule has 52 heavy (non-hydrogen) atoms. The Morgan fingerprint density at radius 1 is 0.346 bits per heavy atom. The van der Waals surface area contributed by atoms with E-state index in [0.29, 0.717) is 10.8 Å². The van der Waals surface area contributed by atoms with E-state index >= 15 is 0 Å². The summed E-state index contributed by atoms with van der Waals surface area (Å²) in [6.45, 7) is 0. The van der Waals surface area contributed by atoms with Crippen molar-refractivity contribution in [1.82, 2.24) is 0 Å². The van der Waals surface area contributed by atoms with E-state index in [1.807, 2.05) is 0 Å². The zero-order chi connectivity index (χ0) is 36.5. The average molecular weight is 687 g/mol. The number of rotatable bonds is 4. The van der Waals surface area contributed by atoms with Gasteiger partial charge in [0.05, 0.1) is 22.3 Å². The molecule has 0 radical (unpaired) electrons. The molecule has 0 bridgehead atoms. The van der Waals surface area contributed by atoms with Gasteiger partial charge in [-0.15, -0.1) is 0 Å². The van der Waals surface area contributed by atoms with Crippen molar-refractivity contribution in [3.63, 3.8) is 0 Å². The van der Waals surface area contributed by atoms with Gasteiger partial charge in [-0.05, 0) is 91.0 Å². The van der Waals surface area contributed by atoms with Crippen LogP contribution in [0.15, 0.2) is 133 Å². The van der Waals surface area contributed by atoms with Crippen LogP contribution in [0.5, 0.6) is 0 Å². The number of carboxylic acids is 4. The summed E-state index contributed by atoms with van der Waals surface area (Å²) in [5, 5.41) is 38.6. The van der Waals surface area contributed by atoms with Gasteiger partial charge in [-0.25, -0.2) is 19.2 Å². The lowest BCUT2D eigenvalue weighted by molar-refractivity contribution is 0.0621. The van der Waals surface area contributed by atoms with Crippen molar-refractivity contribution in [3.8, 4) is 22.3 Å². The smallest absolute Gasteiger partial charge is 0.337 e. The maximum absolute atomic E-state index is 11.7. The topological polar surface area (TPSA) is 149 Å². The first-order valence-electron chi connectivity index (χ1n) is 16.4. The van der Waals surface area contributed by atoms with E-state index in [1.54, 1.807) is 24.3 Å². The minimum Gasteiger partial charge on any atom is -0.478 e.